The molecule has 0 aliphatic heterocycles. The molecule has 3 rings (SSSR count). The summed E-state index contributed by atoms with van der Waals surface area (Å²) in [5, 5.41) is 9.08. The van der Waals surface area contributed by atoms with E-state index in [-0.39, 0.29) is 5.56 Å². The number of carboxylic acid groups (broad SMARTS) is 1. The minimum Gasteiger partial charge on any atom is -0.478 e. The van der Waals surface area contributed by atoms with Crippen LogP contribution < -0.4 is 0 Å². The van der Waals surface area contributed by atoms with Gasteiger partial charge in [-0.1, -0.05) is 0 Å². The monoisotopic (exact) mass is 306 g/mol. The molecule has 5 nitrogen and oxygen atoms in total. The van der Waals surface area contributed by atoms with Crippen LogP contribution in [-0.4, -0.2) is 36.8 Å². The van der Waals surface area contributed by atoms with Gasteiger partial charge in [-0.3, -0.25) is 4.21 Å². The number of aryl methyl sites for hydroxylation is 1. The SMILES string of the molecule is CS(=O)CCCn1c(C2CC2)nc2cc(C(=O)O)ccc21. The molecule has 0 bridgehead atoms. The molecule has 0 spiro atoms. The third kappa shape index (κ3) is 3.00. The summed E-state index contributed by atoms with van der Waals surface area (Å²) in [7, 11) is -0.784. The van der Waals surface area contributed by atoms with Gasteiger partial charge >= 0.3 is 5.97 Å². The Morgan fingerprint density at radius 2 is 2.24 bits per heavy atom. The summed E-state index contributed by atoms with van der Waals surface area (Å²) < 4.78 is 13.4. The van der Waals surface area contributed by atoms with E-state index in [1.54, 1.807) is 18.4 Å². The van der Waals surface area contributed by atoms with Gasteiger partial charge in [-0.15, -0.1) is 0 Å². The molecule has 0 amide bonds. The summed E-state index contributed by atoms with van der Waals surface area (Å²) in [5.74, 6) is 1.30. The van der Waals surface area contributed by atoms with E-state index in [9.17, 15) is 9.00 Å². The molecular formula is C15H18N2O3S. The molecule has 1 heterocycles. The molecule has 6 heteroatoms. The first kappa shape index (κ1) is 14.3. The minimum absolute atomic E-state index is 0.268. The van der Waals surface area contributed by atoms with Crippen LogP contribution in [0.15, 0.2) is 18.2 Å². The van der Waals surface area contributed by atoms with Crippen LogP contribution in [0.4, 0.5) is 0 Å². The highest BCUT2D eigenvalue weighted by Crippen LogP contribution is 2.40. The van der Waals surface area contributed by atoms with Gasteiger partial charge in [0.15, 0.2) is 0 Å². The number of hydrogen-bond acceptors (Lipinski definition) is 3. The molecule has 1 aromatic carbocycles. The second-order valence-electron chi connectivity index (χ2n) is 5.54. The smallest absolute Gasteiger partial charge is 0.335 e. The Labute approximate surface area is 125 Å². The van der Waals surface area contributed by atoms with E-state index in [0.717, 1.165) is 42.7 Å². The van der Waals surface area contributed by atoms with E-state index < -0.39 is 16.8 Å². The number of carbonyl (C=O) groups is 1. The van der Waals surface area contributed by atoms with Crippen molar-refractivity contribution in [3.05, 3.63) is 29.6 Å². The molecule has 1 aromatic heterocycles. The van der Waals surface area contributed by atoms with E-state index in [1.807, 2.05) is 6.07 Å². The molecule has 1 N–H and O–H groups in total. The van der Waals surface area contributed by atoms with Crippen molar-refractivity contribution in [1.82, 2.24) is 9.55 Å². The summed E-state index contributed by atoms with van der Waals surface area (Å²) in [6.45, 7) is 0.786. The summed E-state index contributed by atoms with van der Waals surface area (Å²) in [6.07, 6.45) is 4.85. The van der Waals surface area contributed by atoms with Gasteiger partial charge in [-0.25, -0.2) is 9.78 Å². The standard InChI is InChI=1S/C15H18N2O3S/c1-21(20)8-2-7-17-13-6-5-11(15(18)19)9-12(13)16-14(17)10-3-4-10/h5-6,9-10H,2-4,7-8H2,1H3,(H,18,19). The second kappa shape index (κ2) is 5.60. The fraction of sp³-hybridized carbons (Fsp3) is 0.467. The molecule has 112 valence electrons. The van der Waals surface area contributed by atoms with Gasteiger partial charge in [0, 0.05) is 35.3 Å². The zero-order chi connectivity index (χ0) is 15.0. The number of rotatable bonds is 6. The van der Waals surface area contributed by atoms with E-state index in [2.05, 4.69) is 9.55 Å². The molecule has 1 atom stereocenters. The number of fused-ring (bicyclic) bond motifs is 1. The van der Waals surface area contributed by atoms with E-state index >= 15 is 0 Å². The van der Waals surface area contributed by atoms with Crippen LogP contribution in [0.2, 0.25) is 0 Å². The van der Waals surface area contributed by atoms with Crippen LogP contribution >= 0.6 is 0 Å². The van der Waals surface area contributed by atoms with Crippen LogP contribution in [0.3, 0.4) is 0 Å². The van der Waals surface area contributed by atoms with Gasteiger partial charge in [0.2, 0.25) is 0 Å². The van der Waals surface area contributed by atoms with E-state index in [1.165, 1.54) is 0 Å². The molecule has 2 aromatic rings. The van der Waals surface area contributed by atoms with Gasteiger partial charge in [0.1, 0.15) is 5.82 Å². The zero-order valence-electron chi connectivity index (χ0n) is 11.9. The Kier molecular flexibility index (Phi) is 3.80. The average Bonchev–Trinajstić information content (AvgIpc) is 3.21. The highest BCUT2D eigenvalue weighted by molar-refractivity contribution is 7.84. The van der Waals surface area contributed by atoms with Gasteiger partial charge < -0.3 is 9.67 Å². The fourth-order valence-corrected chi connectivity index (χ4v) is 3.13. The Morgan fingerprint density at radius 1 is 1.48 bits per heavy atom. The van der Waals surface area contributed by atoms with Crippen molar-refractivity contribution in [2.24, 2.45) is 0 Å². The number of benzene rings is 1. The van der Waals surface area contributed by atoms with Gasteiger partial charge in [0.05, 0.1) is 16.6 Å². The maximum absolute atomic E-state index is 11.2. The lowest BCUT2D eigenvalue weighted by Crippen LogP contribution is -2.06. The van der Waals surface area contributed by atoms with Crippen LogP contribution in [0.5, 0.6) is 0 Å². The number of nitrogens with zero attached hydrogens (tertiary/aromatic N) is 2. The number of aromatic carboxylic acids is 1. The summed E-state index contributed by atoms with van der Waals surface area (Å²) in [6, 6.07) is 5.09. The molecule has 1 fully saturated rings. The van der Waals surface area contributed by atoms with Gasteiger partial charge in [-0.2, -0.15) is 0 Å². The van der Waals surface area contributed by atoms with Crippen molar-refractivity contribution >= 4 is 27.8 Å². The van der Waals surface area contributed by atoms with Gasteiger partial charge in [-0.05, 0) is 37.5 Å². The zero-order valence-corrected chi connectivity index (χ0v) is 12.7. The molecule has 1 aliphatic carbocycles. The predicted molar refractivity (Wildman–Crippen MR) is 82.2 cm³/mol. The molecule has 0 saturated heterocycles. The van der Waals surface area contributed by atoms with E-state index in [0.29, 0.717) is 11.7 Å². The lowest BCUT2D eigenvalue weighted by atomic mass is 10.2. The number of imidazole rings is 1. The minimum atomic E-state index is -0.930. The van der Waals surface area contributed by atoms with Crippen LogP contribution in [-0.2, 0) is 17.3 Å². The third-order valence-corrected chi connectivity index (χ3v) is 4.64. The number of carboxylic acids is 1. The molecule has 0 radical (unpaired) electrons. The molecule has 1 unspecified atom stereocenters. The normalized spacial score (nSPS) is 16.2. The Bertz CT molecular complexity index is 719. The van der Waals surface area contributed by atoms with Gasteiger partial charge in [0.25, 0.3) is 0 Å². The quantitative estimate of drug-likeness (QED) is 0.889. The second-order valence-corrected chi connectivity index (χ2v) is 7.09. The van der Waals surface area contributed by atoms with Crippen molar-refractivity contribution < 1.29 is 14.1 Å². The Balaban J connectivity index is 1.97. The molecular weight excluding hydrogens is 288 g/mol. The van der Waals surface area contributed by atoms with Crippen LogP contribution in [0.25, 0.3) is 11.0 Å². The lowest BCUT2D eigenvalue weighted by molar-refractivity contribution is 0.0697. The lowest BCUT2D eigenvalue weighted by Gasteiger charge is -2.08. The van der Waals surface area contributed by atoms with Crippen molar-refractivity contribution in [3.63, 3.8) is 0 Å². The number of hydrogen-bond donors (Lipinski definition) is 1. The Morgan fingerprint density at radius 3 is 2.86 bits per heavy atom. The fourth-order valence-electron chi connectivity index (χ4n) is 2.60. The van der Waals surface area contributed by atoms with Crippen LogP contribution in [0, 0.1) is 0 Å². The molecule has 1 aliphatic rings. The van der Waals surface area contributed by atoms with Crippen molar-refractivity contribution in [2.45, 2.75) is 31.7 Å². The van der Waals surface area contributed by atoms with Crippen LogP contribution in [0.1, 0.15) is 41.4 Å². The molecule has 21 heavy (non-hydrogen) atoms. The average molecular weight is 306 g/mol. The first-order chi connectivity index (χ1) is 10.1. The summed E-state index contributed by atoms with van der Waals surface area (Å²) in [5.41, 5.74) is 1.99. The summed E-state index contributed by atoms with van der Waals surface area (Å²) >= 11 is 0. The number of aromatic nitrogens is 2. The Hall–Kier alpha value is -1.69. The third-order valence-electron chi connectivity index (χ3n) is 3.78. The summed E-state index contributed by atoms with van der Waals surface area (Å²) in [4.78, 5) is 15.7. The highest BCUT2D eigenvalue weighted by Gasteiger charge is 2.29. The van der Waals surface area contributed by atoms with Crippen molar-refractivity contribution in [2.75, 3.05) is 12.0 Å². The first-order valence-electron chi connectivity index (χ1n) is 7.10. The maximum Gasteiger partial charge on any atom is 0.335 e. The molecule has 1 saturated carbocycles. The van der Waals surface area contributed by atoms with Crippen molar-refractivity contribution in [1.29, 1.82) is 0 Å². The van der Waals surface area contributed by atoms with E-state index in [4.69, 9.17) is 5.11 Å². The van der Waals surface area contributed by atoms with Crippen molar-refractivity contribution in [3.8, 4) is 0 Å². The topological polar surface area (TPSA) is 72.2 Å². The maximum atomic E-state index is 11.2. The highest BCUT2D eigenvalue weighted by atomic mass is 32.2. The predicted octanol–water partition coefficient (Wildman–Crippen LogP) is 2.38. The first-order valence-corrected chi connectivity index (χ1v) is 8.82. The largest absolute Gasteiger partial charge is 0.478 e.